The first-order valence-electron chi connectivity index (χ1n) is 7.01. The molecule has 0 radical (unpaired) electrons. The van der Waals surface area contributed by atoms with Crippen molar-refractivity contribution in [3.63, 3.8) is 0 Å². The Kier molecular flexibility index (Phi) is 8.67. The molecule has 1 saturated heterocycles. The molecule has 4 unspecified atom stereocenters. The third kappa shape index (κ3) is 8.24. The van der Waals surface area contributed by atoms with Gasteiger partial charge < -0.3 is 14.5 Å². The molecule has 0 amide bonds. The van der Waals surface area contributed by atoms with Gasteiger partial charge in [0.25, 0.3) is 15.3 Å². The van der Waals surface area contributed by atoms with Gasteiger partial charge in [-0.1, -0.05) is 28.5 Å². The lowest BCUT2D eigenvalue weighted by Gasteiger charge is -2.18. The van der Waals surface area contributed by atoms with Crippen LogP contribution >= 0.6 is 21.6 Å². The van der Waals surface area contributed by atoms with Gasteiger partial charge in [-0.15, -0.1) is 30.3 Å². The molecule has 1 rings (SSSR count). The zero-order valence-corrected chi connectivity index (χ0v) is 14.3. The second kappa shape index (κ2) is 10.2. The van der Waals surface area contributed by atoms with Gasteiger partial charge in [-0.05, 0) is 25.7 Å². The molecule has 12 nitrogen and oxygen atoms in total. The normalized spacial score (nSPS) is 22.4. The molecule has 14 heteroatoms. The van der Waals surface area contributed by atoms with Crippen molar-refractivity contribution in [2.24, 2.45) is 0 Å². The lowest BCUT2D eigenvalue weighted by atomic mass is 10.0. The van der Waals surface area contributed by atoms with Crippen molar-refractivity contribution in [2.45, 2.75) is 55.3 Å². The first kappa shape index (κ1) is 20.3. The molecule has 0 bridgehead atoms. The number of rotatable bonds is 12. The molecule has 0 aliphatic carbocycles. The highest BCUT2D eigenvalue weighted by atomic mass is 33.1. The van der Waals surface area contributed by atoms with Gasteiger partial charge in [0.15, 0.2) is 0 Å². The van der Waals surface area contributed by atoms with Crippen LogP contribution in [-0.2, 0) is 14.5 Å². The molecule has 0 N–H and O–H groups in total. The first-order chi connectivity index (χ1) is 11.3. The van der Waals surface area contributed by atoms with E-state index in [0.29, 0.717) is 19.3 Å². The molecule has 1 fully saturated rings. The van der Waals surface area contributed by atoms with E-state index >= 15 is 0 Å². The Morgan fingerprint density at radius 3 is 1.92 bits per heavy atom. The summed E-state index contributed by atoms with van der Waals surface area (Å²) in [6.45, 7) is 1.26. The largest absolute Gasteiger partial charge is 0.312 e. The zero-order valence-electron chi connectivity index (χ0n) is 12.7. The van der Waals surface area contributed by atoms with Crippen LogP contribution < -0.4 is 0 Å². The van der Waals surface area contributed by atoms with Crippen molar-refractivity contribution in [3.8, 4) is 0 Å². The third-order valence-electron chi connectivity index (χ3n) is 3.20. The van der Waals surface area contributed by atoms with Gasteiger partial charge in [-0.2, -0.15) is 0 Å². The Bertz CT molecular complexity index is 455. The van der Waals surface area contributed by atoms with E-state index in [2.05, 4.69) is 14.5 Å². The quantitative estimate of drug-likeness (QED) is 0.274. The average Bonchev–Trinajstić information content (AvgIpc) is 2.90. The summed E-state index contributed by atoms with van der Waals surface area (Å²) in [5.41, 5.74) is 0. The van der Waals surface area contributed by atoms with E-state index in [1.807, 2.05) is 0 Å². The third-order valence-corrected chi connectivity index (χ3v) is 6.59. The highest BCUT2D eigenvalue weighted by Gasteiger charge is 2.32. The van der Waals surface area contributed by atoms with Crippen molar-refractivity contribution < 1.29 is 29.8 Å². The summed E-state index contributed by atoms with van der Waals surface area (Å²) < 4.78 is 0. The fourth-order valence-electron chi connectivity index (χ4n) is 2.20. The maximum Gasteiger partial charge on any atom is 0.294 e. The van der Waals surface area contributed by atoms with Crippen molar-refractivity contribution in [1.82, 2.24) is 0 Å². The summed E-state index contributed by atoms with van der Waals surface area (Å²) in [7, 11) is 3.00. The predicted molar refractivity (Wildman–Crippen MR) is 83.6 cm³/mol. The van der Waals surface area contributed by atoms with E-state index in [9.17, 15) is 30.3 Å². The van der Waals surface area contributed by atoms with Gasteiger partial charge in [0.05, 0.1) is 0 Å². The fourth-order valence-corrected chi connectivity index (χ4v) is 5.73. The van der Waals surface area contributed by atoms with E-state index in [-0.39, 0.29) is 16.9 Å². The van der Waals surface area contributed by atoms with E-state index in [1.165, 1.54) is 21.6 Å². The molecule has 0 aromatic heterocycles. The number of hydrogen-bond acceptors (Lipinski definition) is 11. The molecule has 0 aromatic rings. The molecule has 0 aromatic carbocycles. The minimum Gasteiger partial charge on any atom is -0.312 e. The molecule has 0 spiro atoms. The van der Waals surface area contributed by atoms with Gasteiger partial charge >= 0.3 is 0 Å². The second-order valence-corrected chi connectivity index (χ2v) is 7.85. The molecular weight excluding hydrogens is 370 g/mol. The second-order valence-electron chi connectivity index (χ2n) is 4.97. The molecular formula is C10H17N3O9S2. The van der Waals surface area contributed by atoms with E-state index in [0.717, 1.165) is 0 Å². The summed E-state index contributed by atoms with van der Waals surface area (Å²) >= 11 is 0. The molecule has 138 valence electrons. The van der Waals surface area contributed by atoms with Crippen molar-refractivity contribution in [3.05, 3.63) is 30.3 Å². The van der Waals surface area contributed by atoms with Gasteiger partial charge in [0, 0.05) is 10.5 Å². The Hall–Kier alpha value is -1.70. The summed E-state index contributed by atoms with van der Waals surface area (Å²) in [6, 6.07) is 0. The SMILES string of the molecule is CCC(CC1CC(CC(CO[N+](=O)[O-])O[N+](=O)[O-])SS1)O[N+](=O)[O-]. The van der Waals surface area contributed by atoms with Crippen molar-refractivity contribution >= 4 is 21.6 Å². The average molecular weight is 387 g/mol. The Morgan fingerprint density at radius 1 is 0.958 bits per heavy atom. The molecule has 0 saturated carbocycles. The number of nitrogens with zero attached hydrogens (tertiary/aromatic N) is 3. The van der Waals surface area contributed by atoms with E-state index < -0.39 is 34.1 Å². The predicted octanol–water partition coefficient (Wildman–Crippen LogP) is 2.06. The number of hydrogen-bond donors (Lipinski definition) is 0. The van der Waals surface area contributed by atoms with E-state index in [4.69, 9.17) is 0 Å². The summed E-state index contributed by atoms with van der Waals surface area (Å²) in [5.74, 6) is 0. The monoisotopic (exact) mass is 387 g/mol. The lowest BCUT2D eigenvalue weighted by Crippen LogP contribution is -2.28. The highest BCUT2D eigenvalue weighted by Crippen LogP contribution is 2.47. The summed E-state index contributed by atoms with van der Waals surface area (Å²) in [5, 5.41) is 28.3. The smallest absolute Gasteiger partial charge is 0.294 e. The summed E-state index contributed by atoms with van der Waals surface area (Å²) in [4.78, 5) is 44.2. The topological polar surface area (TPSA) is 157 Å². The van der Waals surface area contributed by atoms with Crippen LogP contribution in [0.15, 0.2) is 0 Å². The van der Waals surface area contributed by atoms with Crippen LogP contribution in [-0.4, -0.2) is 44.6 Å². The van der Waals surface area contributed by atoms with Crippen LogP contribution in [0.4, 0.5) is 0 Å². The minimum absolute atomic E-state index is 0.0339. The molecule has 1 aliphatic heterocycles. The van der Waals surface area contributed by atoms with Crippen molar-refractivity contribution in [2.75, 3.05) is 6.61 Å². The maximum absolute atomic E-state index is 10.4. The van der Waals surface area contributed by atoms with E-state index in [1.54, 1.807) is 6.92 Å². The fraction of sp³-hybridized carbons (Fsp3) is 1.00. The molecule has 24 heavy (non-hydrogen) atoms. The Labute approximate surface area is 144 Å². The van der Waals surface area contributed by atoms with Crippen LogP contribution in [0, 0.1) is 30.3 Å². The van der Waals surface area contributed by atoms with Crippen LogP contribution in [0.2, 0.25) is 0 Å². The standard InChI is InChI=1S/C10H17N3O9S2/c1-2-7(21-12(16)17)3-9-5-10(24-23-9)4-8(22-13(18)19)6-20-11(14)15/h7-10H,2-6H2,1H3. The lowest BCUT2D eigenvalue weighted by molar-refractivity contribution is -0.790. The van der Waals surface area contributed by atoms with Crippen LogP contribution in [0.3, 0.4) is 0 Å². The van der Waals surface area contributed by atoms with Crippen LogP contribution in [0.25, 0.3) is 0 Å². The highest BCUT2D eigenvalue weighted by molar-refractivity contribution is 8.77. The van der Waals surface area contributed by atoms with Crippen LogP contribution in [0.5, 0.6) is 0 Å². The molecule has 1 heterocycles. The maximum atomic E-state index is 10.4. The van der Waals surface area contributed by atoms with Gasteiger partial charge in [-0.25, -0.2) is 0 Å². The van der Waals surface area contributed by atoms with Crippen molar-refractivity contribution in [1.29, 1.82) is 0 Å². The van der Waals surface area contributed by atoms with Gasteiger partial charge in [0.2, 0.25) is 0 Å². The minimum atomic E-state index is -1.04. The van der Waals surface area contributed by atoms with Crippen LogP contribution in [0.1, 0.15) is 32.6 Å². The first-order valence-corrected chi connectivity index (χ1v) is 9.29. The Balaban J connectivity index is 2.45. The molecule has 4 atom stereocenters. The van der Waals surface area contributed by atoms with Gasteiger partial charge in [0.1, 0.15) is 18.8 Å². The zero-order chi connectivity index (χ0) is 18.1. The molecule has 1 aliphatic rings. The Morgan fingerprint density at radius 2 is 1.46 bits per heavy atom. The van der Waals surface area contributed by atoms with Gasteiger partial charge in [-0.3, -0.25) is 0 Å². The summed E-state index contributed by atoms with van der Waals surface area (Å²) in [6.07, 6.45) is 0.285.